The topological polar surface area (TPSA) is 57.3 Å². The van der Waals surface area contributed by atoms with Gasteiger partial charge >= 0.3 is 6.18 Å². The molecule has 36 heavy (non-hydrogen) atoms. The summed E-state index contributed by atoms with van der Waals surface area (Å²) in [7, 11) is -2.60. The fourth-order valence-electron chi connectivity index (χ4n) is 5.75. The van der Waals surface area contributed by atoms with Crippen LogP contribution in [0.1, 0.15) is 63.9 Å². The Bertz CT molecular complexity index is 1260. The molecule has 3 rings (SSSR count). The van der Waals surface area contributed by atoms with Gasteiger partial charge in [-0.1, -0.05) is 53.7 Å². The summed E-state index contributed by atoms with van der Waals surface area (Å²) in [5.41, 5.74) is 2.25. The highest BCUT2D eigenvalue weighted by Gasteiger charge is 2.48. The third-order valence-corrected chi connectivity index (χ3v) is 13.3. The van der Waals surface area contributed by atoms with Crippen LogP contribution in [0.3, 0.4) is 0 Å². The molecule has 0 amide bonds. The molecule has 0 spiro atoms. The zero-order valence-corrected chi connectivity index (χ0v) is 23.2. The fourth-order valence-corrected chi connectivity index (χ4v) is 11.0. The number of rotatable bonds is 8. The van der Waals surface area contributed by atoms with Crippen molar-refractivity contribution in [2.45, 2.75) is 84.7 Å². The van der Waals surface area contributed by atoms with Crippen molar-refractivity contribution in [1.82, 2.24) is 4.57 Å². The van der Waals surface area contributed by atoms with Gasteiger partial charge in [0.2, 0.25) is 0 Å². The van der Waals surface area contributed by atoms with E-state index in [0.717, 1.165) is 17.3 Å². The Morgan fingerprint density at radius 2 is 1.56 bits per heavy atom. The number of nitro benzene ring substituents is 1. The average molecular weight is 521 g/mol. The van der Waals surface area contributed by atoms with Gasteiger partial charge in [0.1, 0.15) is 5.75 Å². The van der Waals surface area contributed by atoms with Crippen molar-refractivity contribution >= 4 is 24.9 Å². The van der Waals surface area contributed by atoms with Gasteiger partial charge in [-0.3, -0.25) is 10.1 Å². The summed E-state index contributed by atoms with van der Waals surface area (Å²) in [6, 6.07) is 9.13. The van der Waals surface area contributed by atoms with Gasteiger partial charge in [0, 0.05) is 18.3 Å². The van der Waals surface area contributed by atoms with Gasteiger partial charge in [0.15, 0.2) is 0 Å². The molecule has 0 atom stereocenters. The van der Waals surface area contributed by atoms with Gasteiger partial charge in [-0.15, -0.1) is 0 Å². The Morgan fingerprint density at radius 1 is 0.972 bits per heavy atom. The predicted molar refractivity (Wildman–Crippen MR) is 140 cm³/mol. The Kier molecular flexibility index (Phi) is 7.65. The summed E-state index contributed by atoms with van der Waals surface area (Å²) in [6.45, 7) is 16.0. The van der Waals surface area contributed by atoms with E-state index in [2.05, 4.69) is 0 Å². The molecule has 0 fully saturated rings. The van der Waals surface area contributed by atoms with Gasteiger partial charge < -0.3 is 8.99 Å². The lowest BCUT2D eigenvalue weighted by molar-refractivity contribution is -0.383. The number of nitrogens with zero attached hydrogens (tertiary/aromatic N) is 2. The largest absolute Gasteiger partial charge is 0.542 e. The van der Waals surface area contributed by atoms with Gasteiger partial charge in [-0.25, -0.2) is 0 Å². The Morgan fingerprint density at radius 3 is 2.06 bits per heavy atom. The molecule has 0 aliphatic heterocycles. The van der Waals surface area contributed by atoms with Crippen LogP contribution in [0.5, 0.6) is 5.75 Å². The molecule has 5 nitrogen and oxygen atoms in total. The van der Waals surface area contributed by atoms with Crippen molar-refractivity contribution in [2.24, 2.45) is 0 Å². The Labute approximate surface area is 211 Å². The quantitative estimate of drug-likeness (QED) is 0.169. The highest BCUT2D eigenvalue weighted by molar-refractivity contribution is 6.78. The highest BCUT2D eigenvalue weighted by Crippen LogP contribution is 2.46. The SMILES string of the molecule is Cc1ccc([N+](=O)[O-])c2cc(C)n(Cc3ccc(O[Si](C(C)C)(C(C)C)C(C)C)c(C(F)(F)F)c3)c12. The van der Waals surface area contributed by atoms with Crippen molar-refractivity contribution in [3.63, 3.8) is 0 Å². The average Bonchev–Trinajstić information content (AvgIpc) is 3.07. The molecule has 0 saturated heterocycles. The number of non-ortho nitro benzene ring substituents is 1. The lowest BCUT2D eigenvalue weighted by atomic mass is 10.1. The van der Waals surface area contributed by atoms with E-state index in [1.165, 1.54) is 12.1 Å². The van der Waals surface area contributed by atoms with E-state index < -0.39 is 25.0 Å². The molecule has 0 N–H and O–H groups in total. The zero-order valence-electron chi connectivity index (χ0n) is 22.2. The molecule has 0 aliphatic rings. The van der Waals surface area contributed by atoms with Gasteiger partial charge in [-0.2, -0.15) is 13.2 Å². The van der Waals surface area contributed by atoms with E-state index in [9.17, 15) is 23.3 Å². The number of nitro groups is 1. The van der Waals surface area contributed by atoms with Gasteiger partial charge in [0.05, 0.1) is 21.4 Å². The van der Waals surface area contributed by atoms with E-state index in [0.29, 0.717) is 16.5 Å². The summed E-state index contributed by atoms with van der Waals surface area (Å²) in [4.78, 5) is 11.1. The molecule has 0 radical (unpaired) electrons. The minimum atomic E-state index is -4.58. The first-order valence-corrected chi connectivity index (χ1v) is 14.4. The molecule has 1 aromatic heterocycles. The number of hydrogen-bond acceptors (Lipinski definition) is 3. The summed E-state index contributed by atoms with van der Waals surface area (Å²) < 4.78 is 51.1. The van der Waals surface area contributed by atoms with E-state index in [-0.39, 0.29) is 34.6 Å². The molecular weight excluding hydrogens is 485 g/mol. The van der Waals surface area contributed by atoms with Gasteiger partial charge in [0.25, 0.3) is 14.0 Å². The van der Waals surface area contributed by atoms with Crippen LogP contribution in [0.4, 0.5) is 18.9 Å². The third kappa shape index (κ3) is 4.90. The summed E-state index contributed by atoms with van der Waals surface area (Å²) >= 11 is 0. The van der Waals surface area contributed by atoms with Crippen molar-refractivity contribution in [1.29, 1.82) is 0 Å². The van der Waals surface area contributed by atoms with Crippen LogP contribution in [-0.4, -0.2) is 17.8 Å². The van der Waals surface area contributed by atoms with Crippen molar-refractivity contribution in [3.05, 3.63) is 68.9 Å². The third-order valence-electron chi connectivity index (χ3n) is 7.33. The molecule has 2 aromatic carbocycles. The van der Waals surface area contributed by atoms with E-state index >= 15 is 0 Å². The van der Waals surface area contributed by atoms with Crippen LogP contribution in [0.15, 0.2) is 36.4 Å². The van der Waals surface area contributed by atoms with Crippen LogP contribution < -0.4 is 4.43 Å². The standard InChI is InChI=1S/C27H35F3N2O3Si/c1-16(2)36(17(3)4,18(5)6)35-25-12-10-21(14-23(25)27(28,29)30)15-31-20(8)13-22-24(32(33)34)11-9-19(7)26(22)31/h9-14,16-18H,15H2,1-8H3. The van der Waals surface area contributed by atoms with Crippen LogP contribution in [0.2, 0.25) is 16.6 Å². The number of benzene rings is 2. The minimum Gasteiger partial charge on any atom is -0.542 e. The van der Waals surface area contributed by atoms with E-state index in [1.807, 2.05) is 53.0 Å². The van der Waals surface area contributed by atoms with Gasteiger partial charge in [-0.05, 0) is 59.8 Å². The first-order chi connectivity index (χ1) is 16.6. The van der Waals surface area contributed by atoms with Crippen molar-refractivity contribution in [2.75, 3.05) is 0 Å². The van der Waals surface area contributed by atoms with Crippen LogP contribution in [-0.2, 0) is 12.7 Å². The Balaban J connectivity index is 2.13. The number of alkyl halides is 3. The number of aryl methyl sites for hydroxylation is 2. The summed E-state index contributed by atoms with van der Waals surface area (Å²) in [6.07, 6.45) is -4.58. The molecule has 0 saturated carbocycles. The number of halogens is 3. The molecule has 1 heterocycles. The first kappa shape index (κ1) is 27.8. The summed E-state index contributed by atoms with van der Waals surface area (Å²) in [5.74, 6) is -0.116. The second-order valence-electron chi connectivity index (χ2n) is 10.5. The first-order valence-electron chi connectivity index (χ1n) is 12.2. The van der Waals surface area contributed by atoms with E-state index in [4.69, 9.17) is 4.43 Å². The van der Waals surface area contributed by atoms with Crippen LogP contribution >= 0.6 is 0 Å². The smallest absolute Gasteiger partial charge is 0.419 e. The molecule has 9 heteroatoms. The molecular formula is C27H35F3N2O3Si. The van der Waals surface area contributed by atoms with Crippen LogP contribution in [0.25, 0.3) is 10.9 Å². The van der Waals surface area contributed by atoms with Crippen molar-refractivity contribution < 1.29 is 22.5 Å². The number of fused-ring (bicyclic) bond motifs is 1. The highest BCUT2D eigenvalue weighted by atomic mass is 28.4. The maximum atomic E-state index is 14.3. The molecule has 3 aromatic rings. The predicted octanol–water partition coefficient (Wildman–Crippen LogP) is 8.79. The van der Waals surface area contributed by atoms with E-state index in [1.54, 1.807) is 25.1 Å². The molecule has 0 unspecified atom stereocenters. The second-order valence-corrected chi connectivity index (χ2v) is 15.9. The lowest BCUT2D eigenvalue weighted by Crippen LogP contribution is -2.51. The second kappa shape index (κ2) is 9.92. The fraction of sp³-hybridized carbons (Fsp3) is 0.481. The lowest BCUT2D eigenvalue weighted by Gasteiger charge is -2.42. The molecule has 0 bridgehead atoms. The summed E-state index contributed by atoms with van der Waals surface area (Å²) in [5, 5.41) is 12.0. The zero-order chi connectivity index (χ0) is 27.2. The Hall–Kier alpha value is -2.81. The molecule has 0 aliphatic carbocycles. The number of aromatic nitrogens is 1. The normalized spacial score (nSPS) is 12.8. The minimum absolute atomic E-state index is 0.0190. The maximum Gasteiger partial charge on any atom is 0.419 e. The van der Waals surface area contributed by atoms with Crippen molar-refractivity contribution in [3.8, 4) is 5.75 Å². The maximum absolute atomic E-state index is 14.3. The number of hydrogen-bond donors (Lipinski definition) is 0. The molecule has 196 valence electrons. The van der Waals surface area contributed by atoms with Crippen LogP contribution in [0, 0.1) is 24.0 Å². The monoisotopic (exact) mass is 520 g/mol.